The number of rotatable bonds is 3. The lowest BCUT2D eigenvalue weighted by atomic mass is 10.1. The number of halogens is 1. The van der Waals surface area contributed by atoms with E-state index in [0.29, 0.717) is 11.1 Å². The molecule has 0 amide bonds. The second-order valence-electron chi connectivity index (χ2n) is 3.42. The highest BCUT2D eigenvalue weighted by Crippen LogP contribution is 2.21. The van der Waals surface area contributed by atoms with Crippen LogP contribution < -0.4 is 0 Å². The summed E-state index contributed by atoms with van der Waals surface area (Å²) < 4.78 is 22.3. The molecule has 82 valence electrons. The van der Waals surface area contributed by atoms with Crippen molar-refractivity contribution in [2.24, 2.45) is 0 Å². The molecule has 0 spiro atoms. The van der Waals surface area contributed by atoms with E-state index in [1.54, 1.807) is 19.1 Å². The van der Waals surface area contributed by atoms with Crippen molar-refractivity contribution < 1.29 is 13.2 Å². The molecular weight excluding hydrogens is 236 g/mol. The van der Waals surface area contributed by atoms with Crippen LogP contribution in [0.1, 0.15) is 18.1 Å². The van der Waals surface area contributed by atoms with Crippen molar-refractivity contribution in [2.45, 2.75) is 25.2 Å². The molecular formula is C10H11ClO3S. The van der Waals surface area contributed by atoms with Crippen LogP contribution in [0.4, 0.5) is 0 Å². The maximum absolute atomic E-state index is 11.2. The fourth-order valence-electron chi connectivity index (χ4n) is 1.30. The summed E-state index contributed by atoms with van der Waals surface area (Å²) in [4.78, 5) is 10.9. The quantitative estimate of drug-likeness (QED) is 0.767. The van der Waals surface area contributed by atoms with Gasteiger partial charge in [0.15, 0.2) is 0 Å². The molecule has 0 saturated carbocycles. The van der Waals surface area contributed by atoms with E-state index in [1.807, 2.05) is 0 Å². The first kappa shape index (κ1) is 12.2. The summed E-state index contributed by atoms with van der Waals surface area (Å²) >= 11 is 0. The Morgan fingerprint density at radius 1 is 1.40 bits per heavy atom. The molecule has 3 nitrogen and oxygen atoms in total. The third kappa shape index (κ3) is 3.32. The maximum Gasteiger partial charge on any atom is 0.261 e. The van der Waals surface area contributed by atoms with Crippen molar-refractivity contribution in [2.75, 3.05) is 0 Å². The Morgan fingerprint density at radius 2 is 2.00 bits per heavy atom. The third-order valence-corrected chi connectivity index (χ3v) is 3.43. The molecule has 5 heteroatoms. The minimum absolute atomic E-state index is 0.0169. The molecule has 0 atom stereocenters. The first-order valence-corrected chi connectivity index (χ1v) is 6.65. The van der Waals surface area contributed by atoms with Gasteiger partial charge in [-0.2, -0.15) is 0 Å². The van der Waals surface area contributed by atoms with Gasteiger partial charge in [0.1, 0.15) is 5.78 Å². The standard InChI is InChI=1S/C10H11ClO3S/c1-7-3-4-9(5-8(2)12)6-10(7)15(11,13)14/h3-4,6H,5H2,1-2H3. The first-order valence-electron chi connectivity index (χ1n) is 4.34. The average Bonchev–Trinajstić information content (AvgIpc) is 2.05. The molecule has 0 aliphatic carbocycles. The Kier molecular flexibility index (Phi) is 3.52. The van der Waals surface area contributed by atoms with Crippen LogP contribution in [0.15, 0.2) is 23.1 Å². The lowest BCUT2D eigenvalue weighted by molar-refractivity contribution is -0.116. The highest BCUT2D eigenvalue weighted by molar-refractivity contribution is 8.13. The third-order valence-electron chi connectivity index (χ3n) is 1.97. The zero-order valence-electron chi connectivity index (χ0n) is 8.45. The number of benzene rings is 1. The molecule has 0 fully saturated rings. The van der Waals surface area contributed by atoms with Crippen LogP contribution in [-0.4, -0.2) is 14.2 Å². The van der Waals surface area contributed by atoms with Crippen LogP contribution in [-0.2, 0) is 20.3 Å². The van der Waals surface area contributed by atoms with Gasteiger partial charge in [0.2, 0.25) is 0 Å². The summed E-state index contributed by atoms with van der Waals surface area (Å²) in [7, 11) is 1.53. The van der Waals surface area contributed by atoms with E-state index in [0.717, 1.165) is 0 Å². The van der Waals surface area contributed by atoms with Crippen LogP contribution in [0.25, 0.3) is 0 Å². The van der Waals surface area contributed by atoms with Gasteiger partial charge in [0.25, 0.3) is 9.05 Å². The van der Waals surface area contributed by atoms with E-state index in [4.69, 9.17) is 10.7 Å². The Bertz CT molecular complexity index is 491. The van der Waals surface area contributed by atoms with Crippen molar-refractivity contribution in [1.82, 2.24) is 0 Å². The molecule has 0 heterocycles. The molecule has 15 heavy (non-hydrogen) atoms. The summed E-state index contributed by atoms with van der Waals surface area (Å²) in [5, 5.41) is 0. The number of hydrogen-bond acceptors (Lipinski definition) is 3. The summed E-state index contributed by atoms with van der Waals surface area (Å²) in [5.41, 5.74) is 1.24. The Labute approximate surface area is 93.5 Å². The van der Waals surface area contributed by atoms with E-state index < -0.39 is 9.05 Å². The lowest BCUT2D eigenvalue weighted by Gasteiger charge is -2.04. The molecule has 1 aromatic carbocycles. The molecule has 1 rings (SSSR count). The maximum atomic E-state index is 11.2. The van der Waals surface area contributed by atoms with Crippen molar-refractivity contribution in [1.29, 1.82) is 0 Å². The highest BCUT2D eigenvalue weighted by atomic mass is 35.7. The van der Waals surface area contributed by atoms with Crippen molar-refractivity contribution in [3.05, 3.63) is 29.3 Å². The van der Waals surface area contributed by atoms with Gasteiger partial charge in [-0.25, -0.2) is 8.42 Å². The number of carbonyl (C=O) groups is 1. The van der Waals surface area contributed by atoms with Crippen molar-refractivity contribution >= 4 is 25.5 Å². The Balaban J connectivity index is 3.23. The molecule has 0 aliphatic heterocycles. The SMILES string of the molecule is CC(=O)Cc1ccc(C)c(S(=O)(=O)Cl)c1. The smallest absolute Gasteiger partial charge is 0.261 e. The Morgan fingerprint density at radius 3 is 2.47 bits per heavy atom. The van der Waals surface area contributed by atoms with Crippen LogP contribution >= 0.6 is 10.7 Å². The van der Waals surface area contributed by atoms with Gasteiger partial charge in [-0.15, -0.1) is 0 Å². The topological polar surface area (TPSA) is 51.2 Å². The fraction of sp³-hybridized carbons (Fsp3) is 0.300. The first-order chi connectivity index (χ1) is 6.80. The van der Waals surface area contributed by atoms with Gasteiger partial charge in [-0.3, -0.25) is 4.79 Å². The molecule has 0 saturated heterocycles. The second kappa shape index (κ2) is 4.33. The van der Waals surface area contributed by atoms with Gasteiger partial charge in [-0.05, 0) is 31.0 Å². The molecule has 0 bridgehead atoms. The van der Waals surface area contributed by atoms with Gasteiger partial charge in [0.05, 0.1) is 4.90 Å². The molecule has 0 unspecified atom stereocenters. The summed E-state index contributed by atoms with van der Waals surface area (Å²) in [6, 6.07) is 4.81. The zero-order chi connectivity index (χ0) is 11.6. The van der Waals surface area contributed by atoms with E-state index in [9.17, 15) is 13.2 Å². The molecule has 0 aromatic heterocycles. The van der Waals surface area contributed by atoms with Crippen molar-refractivity contribution in [3.8, 4) is 0 Å². The number of aryl methyl sites for hydroxylation is 1. The zero-order valence-corrected chi connectivity index (χ0v) is 10.0. The normalized spacial score (nSPS) is 11.4. The van der Waals surface area contributed by atoms with Gasteiger partial charge < -0.3 is 0 Å². The largest absolute Gasteiger partial charge is 0.300 e. The van der Waals surface area contributed by atoms with Crippen LogP contribution in [0.3, 0.4) is 0 Å². The van der Waals surface area contributed by atoms with E-state index in [-0.39, 0.29) is 17.1 Å². The lowest BCUT2D eigenvalue weighted by Crippen LogP contribution is -2.00. The summed E-state index contributed by atoms with van der Waals surface area (Å²) in [5.74, 6) is -0.0169. The fourth-order valence-corrected chi connectivity index (χ4v) is 2.55. The predicted octanol–water partition coefficient (Wildman–Crippen LogP) is 2.05. The minimum atomic E-state index is -3.73. The number of hydrogen-bond donors (Lipinski definition) is 0. The van der Waals surface area contributed by atoms with Gasteiger partial charge in [0, 0.05) is 17.1 Å². The molecule has 0 radical (unpaired) electrons. The monoisotopic (exact) mass is 246 g/mol. The minimum Gasteiger partial charge on any atom is -0.300 e. The van der Waals surface area contributed by atoms with Gasteiger partial charge in [-0.1, -0.05) is 12.1 Å². The summed E-state index contributed by atoms with van der Waals surface area (Å²) in [6.07, 6.45) is 0.222. The van der Waals surface area contributed by atoms with E-state index >= 15 is 0 Å². The summed E-state index contributed by atoms with van der Waals surface area (Å²) in [6.45, 7) is 3.11. The molecule has 0 N–H and O–H groups in total. The van der Waals surface area contributed by atoms with E-state index in [2.05, 4.69) is 0 Å². The predicted molar refractivity (Wildman–Crippen MR) is 58.6 cm³/mol. The Hall–Kier alpha value is -0.870. The van der Waals surface area contributed by atoms with Crippen LogP contribution in [0, 0.1) is 6.92 Å². The van der Waals surface area contributed by atoms with E-state index in [1.165, 1.54) is 13.0 Å². The molecule has 0 aliphatic rings. The average molecular weight is 247 g/mol. The number of Topliss-reactive ketones (excluding diaryl/α,β-unsaturated/α-hetero) is 1. The second-order valence-corrected chi connectivity index (χ2v) is 5.95. The van der Waals surface area contributed by atoms with Crippen LogP contribution in [0.2, 0.25) is 0 Å². The number of ketones is 1. The van der Waals surface area contributed by atoms with Crippen molar-refractivity contribution in [3.63, 3.8) is 0 Å². The number of carbonyl (C=O) groups excluding carboxylic acids is 1. The molecule has 1 aromatic rings. The van der Waals surface area contributed by atoms with Gasteiger partial charge >= 0.3 is 0 Å². The van der Waals surface area contributed by atoms with Crippen LogP contribution in [0.5, 0.6) is 0 Å². The highest BCUT2D eigenvalue weighted by Gasteiger charge is 2.14.